The lowest BCUT2D eigenvalue weighted by molar-refractivity contribution is -0.131. The van der Waals surface area contributed by atoms with Crippen molar-refractivity contribution in [2.24, 2.45) is 0 Å². The Bertz CT molecular complexity index is 435. The van der Waals surface area contributed by atoms with E-state index < -0.39 is 0 Å². The summed E-state index contributed by atoms with van der Waals surface area (Å²) in [4.78, 5) is 17.2. The highest BCUT2D eigenvalue weighted by molar-refractivity contribution is 7.16. The van der Waals surface area contributed by atoms with Gasteiger partial charge in [-0.05, 0) is 32.1 Å². The van der Waals surface area contributed by atoms with E-state index in [0.717, 1.165) is 28.7 Å². The first-order valence-corrected chi connectivity index (χ1v) is 7.65. The Balaban J connectivity index is 0.00000200. The molecule has 1 fully saturated rings. The zero-order valence-corrected chi connectivity index (χ0v) is 14.2. The van der Waals surface area contributed by atoms with E-state index in [1.54, 1.807) is 4.90 Å². The Morgan fingerprint density at radius 3 is 2.80 bits per heavy atom. The molecule has 1 saturated heterocycles. The van der Waals surface area contributed by atoms with Crippen LogP contribution < -0.4 is 5.32 Å². The van der Waals surface area contributed by atoms with Crippen LogP contribution in [0.3, 0.4) is 0 Å². The number of thiophene rings is 1. The molecule has 1 aromatic heterocycles. The topological polar surface area (TPSA) is 35.6 Å². The van der Waals surface area contributed by atoms with Crippen LogP contribution in [0.25, 0.3) is 0 Å². The average Bonchev–Trinajstić information content (AvgIpc) is 3.00. The summed E-state index contributed by atoms with van der Waals surface area (Å²) in [5, 5.41) is 3.32. The van der Waals surface area contributed by atoms with Gasteiger partial charge in [0.2, 0.25) is 5.91 Å². The summed E-state index contributed by atoms with van der Waals surface area (Å²) in [6, 6.07) is 4.32. The number of carbonyl (C=O) groups excluding carboxylic acids is 1. The SMILES string of the molecule is CN(Cc1ccc(Cl)s1)C(=O)CN(C)C1CCNC1.Cl. The number of likely N-dealkylation sites (N-methyl/N-ethyl adjacent to an activating group) is 2. The lowest BCUT2D eigenvalue weighted by atomic mass is 10.2. The van der Waals surface area contributed by atoms with Crippen LogP contribution in [0.2, 0.25) is 4.34 Å². The number of halogens is 2. The van der Waals surface area contributed by atoms with Gasteiger partial charge in [0.05, 0.1) is 17.4 Å². The van der Waals surface area contributed by atoms with Crippen molar-refractivity contribution in [3.8, 4) is 0 Å². The fourth-order valence-corrected chi connectivity index (χ4v) is 3.38. The number of amides is 1. The zero-order chi connectivity index (χ0) is 13.8. The maximum atomic E-state index is 12.2. The molecule has 114 valence electrons. The van der Waals surface area contributed by atoms with Gasteiger partial charge in [0.25, 0.3) is 0 Å². The van der Waals surface area contributed by atoms with Crippen LogP contribution in [0.4, 0.5) is 0 Å². The molecule has 0 aliphatic carbocycles. The molecule has 1 amide bonds. The molecule has 1 N–H and O–H groups in total. The molecule has 20 heavy (non-hydrogen) atoms. The predicted molar refractivity (Wildman–Crippen MR) is 87.0 cm³/mol. The molecule has 4 nitrogen and oxygen atoms in total. The molecular formula is C13H21Cl2N3OS. The van der Waals surface area contributed by atoms with Gasteiger partial charge < -0.3 is 10.2 Å². The predicted octanol–water partition coefficient (Wildman–Crippen LogP) is 2.08. The van der Waals surface area contributed by atoms with E-state index in [1.807, 2.05) is 26.2 Å². The van der Waals surface area contributed by atoms with Crippen LogP contribution in [0.15, 0.2) is 12.1 Å². The van der Waals surface area contributed by atoms with Gasteiger partial charge in [0, 0.05) is 24.5 Å². The van der Waals surface area contributed by atoms with E-state index in [9.17, 15) is 4.79 Å². The molecule has 1 aliphatic heterocycles. The highest BCUT2D eigenvalue weighted by Crippen LogP contribution is 2.22. The fourth-order valence-electron chi connectivity index (χ4n) is 2.24. The summed E-state index contributed by atoms with van der Waals surface area (Å²) in [6.45, 7) is 3.13. The van der Waals surface area contributed by atoms with E-state index in [-0.39, 0.29) is 18.3 Å². The molecule has 7 heteroatoms. The highest BCUT2D eigenvalue weighted by atomic mass is 35.5. The van der Waals surface area contributed by atoms with Crippen molar-refractivity contribution < 1.29 is 4.79 Å². The quantitative estimate of drug-likeness (QED) is 0.893. The first kappa shape index (κ1) is 17.7. The van der Waals surface area contributed by atoms with E-state index in [4.69, 9.17) is 11.6 Å². The number of nitrogens with zero attached hydrogens (tertiary/aromatic N) is 2. The van der Waals surface area contributed by atoms with E-state index in [1.165, 1.54) is 11.3 Å². The number of rotatable bonds is 5. The maximum Gasteiger partial charge on any atom is 0.236 e. The largest absolute Gasteiger partial charge is 0.340 e. The molecule has 0 bridgehead atoms. The Kier molecular flexibility index (Phi) is 7.26. The van der Waals surface area contributed by atoms with Crippen LogP contribution in [-0.2, 0) is 11.3 Å². The Hall–Kier alpha value is -0.330. The summed E-state index contributed by atoms with van der Waals surface area (Å²) < 4.78 is 0.769. The van der Waals surface area contributed by atoms with Crippen LogP contribution in [-0.4, -0.2) is 55.5 Å². The molecule has 0 radical (unpaired) electrons. The number of hydrogen-bond donors (Lipinski definition) is 1. The van der Waals surface area contributed by atoms with Crippen molar-refractivity contribution in [2.45, 2.75) is 19.0 Å². The monoisotopic (exact) mass is 337 g/mol. The van der Waals surface area contributed by atoms with Crippen LogP contribution in [0.1, 0.15) is 11.3 Å². The Morgan fingerprint density at radius 2 is 2.25 bits per heavy atom. The second-order valence-electron chi connectivity index (χ2n) is 5.02. The number of nitrogens with one attached hydrogen (secondary N) is 1. The van der Waals surface area contributed by atoms with Crippen molar-refractivity contribution >= 4 is 41.3 Å². The molecule has 2 heterocycles. The van der Waals surface area contributed by atoms with Gasteiger partial charge in [-0.15, -0.1) is 23.7 Å². The van der Waals surface area contributed by atoms with Crippen molar-refractivity contribution in [3.05, 3.63) is 21.3 Å². The van der Waals surface area contributed by atoms with Crippen molar-refractivity contribution in [2.75, 3.05) is 33.7 Å². The lowest BCUT2D eigenvalue weighted by Crippen LogP contribution is -2.41. The van der Waals surface area contributed by atoms with Gasteiger partial charge in [-0.1, -0.05) is 11.6 Å². The third-order valence-corrected chi connectivity index (χ3v) is 4.71. The minimum absolute atomic E-state index is 0. The number of carbonyl (C=O) groups is 1. The molecule has 1 aliphatic rings. The Labute approximate surface area is 135 Å². The minimum Gasteiger partial charge on any atom is -0.340 e. The molecule has 1 atom stereocenters. The molecule has 1 unspecified atom stereocenters. The highest BCUT2D eigenvalue weighted by Gasteiger charge is 2.22. The second-order valence-corrected chi connectivity index (χ2v) is 6.82. The third-order valence-electron chi connectivity index (χ3n) is 3.49. The first-order chi connectivity index (χ1) is 9.06. The number of hydrogen-bond acceptors (Lipinski definition) is 4. The summed E-state index contributed by atoms with van der Waals surface area (Å²) in [6.07, 6.45) is 1.12. The molecule has 2 rings (SSSR count). The van der Waals surface area contributed by atoms with Gasteiger partial charge in [-0.3, -0.25) is 9.69 Å². The van der Waals surface area contributed by atoms with Gasteiger partial charge in [0.15, 0.2) is 0 Å². The summed E-state index contributed by atoms with van der Waals surface area (Å²) in [7, 11) is 3.86. The summed E-state index contributed by atoms with van der Waals surface area (Å²) in [5.74, 6) is 0.152. The van der Waals surface area contributed by atoms with Crippen molar-refractivity contribution in [3.63, 3.8) is 0 Å². The molecule has 1 aromatic rings. The average molecular weight is 338 g/mol. The fraction of sp³-hybridized carbons (Fsp3) is 0.615. The molecule has 0 spiro atoms. The zero-order valence-electron chi connectivity index (χ0n) is 11.8. The smallest absolute Gasteiger partial charge is 0.236 e. The summed E-state index contributed by atoms with van der Waals surface area (Å²) in [5.41, 5.74) is 0. The molecular weight excluding hydrogens is 317 g/mol. The third kappa shape index (κ3) is 4.90. The lowest BCUT2D eigenvalue weighted by Gasteiger charge is -2.25. The normalized spacial score (nSPS) is 18.1. The van der Waals surface area contributed by atoms with Crippen LogP contribution in [0.5, 0.6) is 0 Å². The minimum atomic E-state index is 0. The Morgan fingerprint density at radius 1 is 1.50 bits per heavy atom. The van der Waals surface area contributed by atoms with Crippen LogP contribution in [0, 0.1) is 0 Å². The van der Waals surface area contributed by atoms with Crippen molar-refractivity contribution in [1.29, 1.82) is 0 Å². The van der Waals surface area contributed by atoms with E-state index in [0.29, 0.717) is 19.1 Å². The van der Waals surface area contributed by atoms with Gasteiger partial charge in [-0.2, -0.15) is 0 Å². The van der Waals surface area contributed by atoms with Gasteiger partial charge >= 0.3 is 0 Å². The van der Waals surface area contributed by atoms with Gasteiger partial charge in [-0.25, -0.2) is 0 Å². The second kappa shape index (κ2) is 8.20. The molecule has 0 saturated carbocycles. The molecule has 0 aromatic carbocycles. The van der Waals surface area contributed by atoms with Crippen LogP contribution >= 0.6 is 35.3 Å². The maximum absolute atomic E-state index is 12.2. The standard InChI is InChI=1S/C13H20ClN3OS.ClH/c1-16(10-5-6-15-7-10)9-13(18)17(2)8-11-3-4-12(14)19-11;/h3-4,10,15H,5-9H2,1-2H3;1H. The van der Waals surface area contributed by atoms with E-state index >= 15 is 0 Å². The first-order valence-electron chi connectivity index (χ1n) is 6.45. The van der Waals surface area contributed by atoms with E-state index in [2.05, 4.69) is 10.2 Å². The van der Waals surface area contributed by atoms with Crippen molar-refractivity contribution in [1.82, 2.24) is 15.1 Å². The van der Waals surface area contributed by atoms with Gasteiger partial charge in [0.1, 0.15) is 0 Å². The summed E-state index contributed by atoms with van der Waals surface area (Å²) >= 11 is 7.42.